The van der Waals surface area contributed by atoms with Crippen LogP contribution in [0.15, 0.2) is 43.0 Å². The lowest BCUT2D eigenvalue weighted by molar-refractivity contribution is 0.118. The molecule has 0 spiro atoms. The molecule has 112 valence electrons. The minimum Gasteiger partial charge on any atom is -0.395 e. The summed E-state index contributed by atoms with van der Waals surface area (Å²) in [5.41, 5.74) is 2.44. The van der Waals surface area contributed by atoms with Crippen molar-refractivity contribution in [2.24, 2.45) is 0 Å². The number of imidazole rings is 1. The second kappa shape index (κ2) is 6.87. The lowest BCUT2D eigenvalue weighted by atomic mass is 10.1. The van der Waals surface area contributed by atoms with Crippen LogP contribution in [0.2, 0.25) is 0 Å². The maximum absolute atomic E-state index is 9.58. The smallest absolute Gasteiger partial charge is 0.0991 e. The number of aliphatic hydroxyl groups is 1. The Labute approximate surface area is 126 Å². The van der Waals surface area contributed by atoms with Crippen LogP contribution < -0.4 is 0 Å². The van der Waals surface area contributed by atoms with Gasteiger partial charge in [0.2, 0.25) is 0 Å². The first-order chi connectivity index (χ1) is 10.4. The van der Waals surface area contributed by atoms with Gasteiger partial charge in [0.1, 0.15) is 0 Å². The zero-order chi connectivity index (χ0) is 14.5. The van der Waals surface area contributed by atoms with Crippen molar-refractivity contribution in [3.63, 3.8) is 0 Å². The molecular weight excluding hydrogens is 262 g/mol. The molecule has 0 bridgehead atoms. The first kappa shape index (κ1) is 14.3. The number of hydrogen-bond donors (Lipinski definition) is 1. The van der Waals surface area contributed by atoms with Gasteiger partial charge in [-0.15, -0.1) is 0 Å². The summed E-state index contributed by atoms with van der Waals surface area (Å²) >= 11 is 0. The van der Waals surface area contributed by atoms with E-state index in [2.05, 4.69) is 34.1 Å². The van der Waals surface area contributed by atoms with E-state index in [1.807, 2.05) is 17.1 Å². The highest BCUT2D eigenvalue weighted by molar-refractivity contribution is 5.34. The average Bonchev–Trinajstić information content (AvgIpc) is 2.96. The molecule has 1 N–H and O–H groups in total. The highest BCUT2D eigenvalue weighted by Crippen LogP contribution is 2.19. The minimum absolute atomic E-state index is 0.271. The van der Waals surface area contributed by atoms with Crippen LogP contribution in [0.25, 0.3) is 5.69 Å². The Morgan fingerprint density at radius 1 is 1.14 bits per heavy atom. The lowest BCUT2D eigenvalue weighted by Crippen LogP contribution is -2.36. The van der Waals surface area contributed by atoms with Crippen molar-refractivity contribution in [1.82, 2.24) is 14.5 Å². The number of aromatic nitrogens is 2. The van der Waals surface area contributed by atoms with Crippen molar-refractivity contribution in [3.8, 4) is 5.69 Å². The first-order valence-electron chi connectivity index (χ1n) is 7.79. The molecule has 1 aliphatic rings. The molecule has 4 nitrogen and oxygen atoms in total. The normalized spacial score (nSPS) is 20.3. The van der Waals surface area contributed by atoms with E-state index < -0.39 is 0 Å². The molecule has 3 rings (SSSR count). The van der Waals surface area contributed by atoms with Gasteiger partial charge in [0, 0.05) is 30.7 Å². The molecule has 21 heavy (non-hydrogen) atoms. The van der Waals surface area contributed by atoms with Gasteiger partial charge in [0.05, 0.1) is 12.9 Å². The number of benzene rings is 1. The van der Waals surface area contributed by atoms with E-state index in [1.54, 1.807) is 6.20 Å². The Bertz CT molecular complexity index is 536. The van der Waals surface area contributed by atoms with E-state index in [1.165, 1.54) is 24.8 Å². The Morgan fingerprint density at radius 2 is 2.00 bits per heavy atom. The van der Waals surface area contributed by atoms with Gasteiger partial charge >= 0.3 is 0 Å². The molecule has 4 heteroatoms. The Balaban J connectivity index is 1.69. The molecule has 1 aliphatic heterocycles. The van der Waals surface area contributed by atoms with E-state index in [4.69, 9.17) is 0 Å². The SMILES string of the molecule is OCC1CCCCCN1Cc1ccc(-n2ccnc2)cc1. The Hall–Kier alpha value is -1.65. The summed E-state index contributed by atoms with van der Waals surface area (Å²) in [6.45, 7) is 2.29. The zero-order valence-electron chi connectivity index (χ0n) is 12.4. The van der Waals surface area contributed by atoms with Gasteiger partial charge in [-0.2, -0.15) is 0 Å². The summed E-state index contributed by atoms with van der Waals surface area (Å²) in [7, 11) is 0. The third kappa shape index (κ3) is 3.52. The van der Waals surface area contributed by atoms with E-state index >= 15 is 0 Å². The summed E-state index contributed by atoms with van der Waals surface area (Å²) in [5, 5.41) is 9.58. The molecule has 2 heterocycles. The first-order valence-corrected chi connectivity index (χ1v) is 7.79. The van der Waals surface area contributed by atoms with Crippen molar-refractivity contribution in [3.05, 3.63) is 48.5 Å². The molecule has 0 amide bonds. The largest absolute Gasteiger partial charge is 0.395 e. The van der Waals surface area contributed by atoms with Gasteiger partial charge in [-0.25, -0.2) is 4.98 Å². The second-order valence-corrected chi connectivity index (χ2v) is 5.79. The molecule has 1 saturated heterocycles. The molecular formula is C17H23N3O. The molecule has 1 atom stereocenters. The number of likely N-dealkylation sites (tertiary alicyclic amines) is 1. The van der Waals surface area contributed by atoms with Gasteiger partial charge in [-0.1, -0.05) is 25.0 Å². The average molecular weight is 285 g/mol. The summed E-state index contributed by atoms with van der Waals surface area (Å²) < 4.78 is 2.01. The van der Waals surface area contributed by atoms with Crippen LogP contribution in [0.5, 0.6) is 0 Å². The standard InChI is InChI=1S/C17H23N3O/c21-13-17-4-2-1-3-10-19(17)12-15-5-7-16(8-6-15)20-11-9-18-14-20/h5-9,11,14,17,21H,1-4,10,12-13H2. The Morgan fingerprint density at radius 3 is 2.71 bits per heavy atom. The van der Waals surface area contributed by atoms with Gasteiger partial charge in [-0.05, 0) is 37.1 Å². The number of rotatable bonds is 4. The van der Waals surface area contributed by atoms with Gasteiger partial charge in [-0.3, -0.25) is 4.90 Å². The molecule has 0 saturated carbocycles. The van der Waals surface area contributed by atoms with Crippen LogP contribution in [0.4, 0.5) is 0 Å². The molecule has 1 unspecified atom stereocenters. The summed E-state index contributed by atoms with van der Waals surface area (Å²) in [6, 6.07) is 8.93. The van der Waals surface area contributed by atoms with Gasteiger partial charge < -0.3 is 9.67 Å². The van der Waals surface area contributed by atoms with E-state index in [-0.39, 0.29) is 6.61 Å². The third-order valence-electron chi connectivity index (χ3n) is 4.33. The zero-order valence-corrected chi connectivity index (χ0v) is 12.4. The fourth-order valence-electron chi connectivity index (χ4n) is 3.07. The van der Waals surface area contributed by atoms with Crippen molar-refractivity contribution < 1.29 is 5.11 Å². The molecule has 0 aliphatic carbocycles. The summed E-state index contributed by atoms with van der Waals surface area (Å²) in [4.78, 5) is 6.50. The molecule has 1 fully saturated rings. The monoisotopic (exact) mass is 285 g/mol. The van der Waals surface area contributed by atoms with E-state index in [9.17, 15) is 5.11 Å². The number of hydrogen-bond acceptors (Lipinski definition) is 3. The highest BCUT2D eigenvalue weighted by Gasteiger charge is 2.20. The predicted octanol–water partition coefficient (Wildman–Crippen LogP) is 2.61. The highest BCUT2D eigenvalue weighted by atomic mass is 16.3. The second-order valence-electron chi connectivity index (χ2n) is 5.79. The third-order valence-corrected chi connectivity index (χ3v) is 4.33. The topological polar surface area (TPSA) is 41.3 Å². The molecule has 1 aromatic heterocycles. The van der Waals surface area contributed by atoms with Crippen LogP contribution in [0.3, 0.4) is 0 Å². The van der Waals surface area contributed by atoms with Crippen LogP contribution in [0, 0.1) is 0 Å². The van der Waals surface area contributed by atoms with Gasteiger partial charge in [0.25, 0.3) is 0 Å². The molecule has 2 aromatic rings. The summed E-state index contributed by atoms with van der Waals surface area (Å²) in [5.74, 6) is 0. The van der Waals surface area contributed by atoms with Crippen molar-refractivity contribution in [1.29, 1.82) is 0 Å². The van der Waals surface area contributed by atoms with Crippen molar-refractivity contribution in [2.75, 3.05) is 13.2 Å². The minimum atomic E-state index is 0.271. The molecule has 0 radical (unpaired) electrons. The predicted molar refractivity (Wildman–Crippen MR) is 83.3 cm³/mol. The van der Waals surface area contributed by atoms with Crippen LogP contribution in [0.1, 0.15) is 31.2 Å². The maximum Gasteiger partial charge on any atom is 0.0991 e. The maximum atomic E-state index is 9.58. The number of aliphatic hydroxyl groups excluding tert-OH is 1. The quantitative estimate of drug-likeness (QED) is 0.939. The Kier molecular flexibility index (Phi) is 4.68. The van der Waals surface area contributed by atoms with E-state index in [0.29, 0.717) is 6.04 Å². The van der Waals surface area contributed by atoms with Crippen LogP contribution in [-0.2, 0) is 6.54 Å². The van der Waals surface area contributed by atoms with Crippen LogP contribution >= 0.6 is 0 Å². The lowest BCUT2D eigenvalue weighted by Gasteiger charge is -2.28. The van der Waals surface area contributed by atoms with Gasteiger partial charge in [0.15, 0.2) is 0 Å². The fourth-order valence-corrected chi connectivity index (χ4v) is 3.07. The molecule has 1 aromatic carbocycles. The number of nitrogens with zero attached hydrogens (tertiary/aromatic N) is 3. The van der Waals surface area contributed by atoms with Crippen molar-refractivity contribution >= 4 is 0 Å². The van der Waals surface area contributed by atoms with E-state index in [0.717, 1.165) is 25.2 Å². The fraction of sp³-hybridized carbons (Fsp3) is 0.471. The van der Waals surface area contributed by atoms with Crippen molar-refractivity contribution in [2.45, 2.75) is 38.3 Å². The summed E-state index contributed by atoms with van der Waals surface area (Å²) in [6.07, 6.45) is 10.4. The van der Waals surface area contributed by atoms with Crippen LogP contribution in [-0.4, -0.2) is 38.8 Å².